The van der Waals surface area contributed by atoms with E-state index in [9.17, 15) is 4.79 Å². The lowest BCUT2D eigenvalue weighted by molar-refractivity contribution is -0.121. The highest BCUT2D eigenvalue weighted by atomic mass is 16.5. The average molecular weight is 328 g/mol. The van der Waals surface area contributed by atoms with Crippen LogP contribution in [0.15, 0.2) is 28.8 Å². The Morgan fingerprint density at radius 2 is 2.25 bits per heavy atom. The van der Waals surface area contributed by atoms with Crippen LogP contribution in [0.5, 0.6) is 0 Å². The van der Waals surface area contributed by atoms with E-state index in [1.54, 1.807) is 6.92 Å². The number of para-hydroxylation sites is 1. The molecule has 1 N–H and O–H groups in total. The highest BCUT2D eigenvalue weighted by molar-refractivity contribution is 5.76. The summed E-state index contributed by atoms with van der Waals surface area (Å²) < 4.78 is 5.05. The molecule has 3 rings (SSSR count). The first-order chi connectivity index (χ1) is 11.6. The van der Waals surface area contributed by atoms with Crippen LogP contribution in [0.2, 0.25) is 0 Å². The molecule has 0 spiro atoms. The number of aromatic nitrogens is 2. The summed E-state index contributed by atoms with van der Waals surface area (Å²) in [6, 6.07) is 8.78. The van der Waals surface area contributed by atoms with Crippen LogP contribution in [0, 0.1) is 6.92 Å². The van der Waals surface area contributed by atoms with Crippen molar-refractivity contribution in [2.45, 2.75) is 45.6 Å². The van der Waals surface area contributed by atoms with Gasteiger partial charge in [-0.1, -0.05) is 23.4 Å². The number of amides is 1. The Morgan fingerprint density at radius 3 is 3.04 bits per heavy atom. The molecule has 0 fully saturated rings. The molecular weight excluding hydrogens is 304 g/mol. The van der Waals surface area contributed by atoms with Crippen LogP contribution in [-0.2, 0) is 17.6 Å². The van der Waals surface area contributed by atoms with Crippen molar-refractivity contribution < 1.29 is 9.32 Å². The third-order valence-electron chi connectivity index (χ3n) is 4.41. The first kappa shape index (κ1) is 16.5. The van der Waals surface area contributed by atoms with Crippen LogP contribution in [-0.4, -0.2) is 35.2 Å². The van der Waals surface area contributed by atoms with E-state index in [1.165, 1.54) is 11.3 Å². The maximum atomic E-state index is 12.0. The molecule has 0 bridgehead atoms. The molecule has 0 unspecified atom stereocenters. The van der Waals surface area contributed by atoms with Gasteiger partial charge in [0.1, 0.15) is 0 Å². The van der Waals surface area contributed by atoms with Gasteiger partial charge in [-0.25, -0.2) is 0 Å². The molecule has 6 nitrogen and oxygen atoms in total. The fourth-order valence-electron chi connectivity index (χ4n) is 3.12. The first-order valence-corrected chi connectivity index (χ1v) is 8.54. The number of hydrogen-bond donors (Lipinski definition) is 1. The second-order valence-corrected chi connectivity index (χ2v) is 6.31. The molecule has 0 saturated carbocycles. The van der Waals surface area contributed by atoms with E-state index in [2.05, 4.69) is 51.5 Å². The van der Waals surface area contributed by atoms with Crippen LogP contribution >= 0.6 is 0 Å². The molecule has 0 radical (unpaired) electrons. The van der Waals surface area contributed by atoms with E-state index in [0.29, 0.717) is 37.5 Å². The van der Waals surface area contributed by atoms with Crippen molar-refractivity contribution in [2.24, 2.45) is 0 Å². The third kappa shape index (κ3) is 3.93. The molecule has 24 heavy (non-hydrogen) atoms. The van der Waals surface area contributed by atoms with Crippen LogP contribution in [0.1, 0.15) is 37.0 Å². The van der Waals surface area contributed by atoms with E-state index in [-0.39, 0.29) is 11.9 Å². The van der Waals surface area contributed by atoms with Crippen molar-refractivity contribution in [2.75, 3.05) is 18.0 Å². The molecular formula is C18H24N4O2. The van der Waals surface area contributed by atoms with Gasteiger partial charge < -0.3 is 14.7 Å². The number of aryl methyl sites for hydroxylation is 2. The minimum Gasteiger partial charge on any atom is -0.366 e. The van der Waals surface area contributed by atoms with E-state index in [1.807, 2.05) is 0 Å². The summed E-state index contributed by atoms with van der Waals surface area (Å²) in [4.78, 5) is 18.5. The molecule has 2 aromatic rings. The maximum absolute atomic E-state index is 12.0. The van der Waals surface area contributed by atoms with Gasteiger partial charge in [-0.2, -0.15) is 4.98 Å². The Bertz CT molecular complexity index is 698. The van der Waals surface area contributed by atoms with Gasteiger partial charge in [0.25, 0.3) is 0 Å². The first-order valence-electron chi connectivity index (χ1n) is 8.54. The van der Waals surface area contributed by atoms with Gasteiger partial charge in [0.15, 0.2) is 5.82 Å². The largest absolute Gasteiger partial charge is 0.366 e. The Kier molecular flexibility index (Phi) is 5.13. The fourth-order valence-corrected chi connectivity index (χ4v) is 3.12. The lowest BCUT2D eigenvalue weighted by Gasteiger charge is -2.27. The Balaban J connectivity index is 1.40. The van der Waals surface area contributed by atoms with Crippen molar-refractivity contribution in [3.05, 3.63) is 41.5 Å². The number of benzene rings is 1. The highest BCUT2D eigenvalue weighted by Crippen LogP contribution is 2.28. The zero-order valence-corrected chi connectivity index (χ0v) is 14.3. The summed E-state index contributed by atoms with van der Waals surface area (Å²) in [6.07, 6.45) is 2.92. The van der Waals surface area contributed by atoms with Gasteiger partial charge in [-0.15, -0.1) is 0 Å². The summed E-state index contributed by atoms with van der Waals surface area (Å²) in [5, 5.41) is 6.78. The predicted octanol–water partition coefficient (Wildman–Crippen LogP) is 2.27. The molecule has 1 aromatic heterocycles. The molecule has 0 aliphatic carbocycles. The normalized spacial score (nSPS) is 14.5. The van der Waals surface area contributed by atoms with E-state index in [0.717, 1.165) is 13.0 Å². The van der Waals surface area contributed by atoms with Gasteiger partial charge in [-0.05, 0) is 38.3 Å². The number of nitrogens with one attached hydrogen (secondary N) is 1. The van der Waals surface area contributed by atoms with Gasteiger partial charge in [0, 0.05) is 37.7 Å². The molecule has 1 aliphatic rings. The van der Waals surface area contributed by atoms with E-state index in [4.69, 9.17) is 4.52 Å². The number of carbonyl (C=O) groups excluding carboxylic acids is 1. The summed E-state index contributed by atoms with van der Waals surface area (Å²) >= 11 is 0. The molecule has 1 aliphatic heterocycles. The molecule has 6 heteroatoms. The SMILES string of the molecule is Cc1noc(CCCC(=O)NC[C@@H](C)N2CCc3ccccc32)n1. The maximum Gasteiger partial charge on any atom is 0.226 e. The van der Waals surface area contributed by atoms with Gasteiger partial charge in [0.2, 0.25) is 11.8 Å². The zero-order valence-electron chi connectivity index (χ0n) is 14.3. The summed E-state index contributed by atoms with van der Waals surface area (Å²) in [7, 11) is 0. The molecule has 128 valence electrons. The van der Waals surface area contributed by atoms with Crippen LogP contribution in [0.3, 0.4) is 0 Å². The standard InChI is InChI=1S/C18H24N4O2/c1-13(22-11-10-15-6-3-4-7-16(15)22)12-19-17(23)8-5-9-18-20-14(2)21-24-18/h3-4,6-7,13H,5,8-12H2,1-2H3,(H,19,23)/t13-/m1/s1. The molecule has 1 aromatic carbocycles. The number of fused-ring (bicyclic) bond motifs is 1. The predicted molar refractivity (Wildman–Crippen MR) is 91.9 cm³/mol. The minimum absolute atomic E-state index is 0.0746. The Labute approximate surface area is 142 Å². The lowest BCUT2D eigenvalue weighted by Crippen LogP contribution is -2.41. The highest BCUT2D eigenvalue weighted by Gasteiger charge is 2.22. The fraction of sp³-hybridized carbons (Fsp3) is 0.500. The molecule has 2 heterocycles. The summed E-state index contributed by atoms with van der Waals surface area (Å²) in [5.74, 6) is 1.31. The van der Waals surface area contributed by atoms with Gasteiger partial charge >= 0.3 is 0 Å². The Morgan fingerprint density at radius 1 is 1.42 bits per heavy atom. The second-order valence-electron chi connectivity index (χ2n) is 6.31. The monoisotopic (exact) mass is 328 g/mol. The van der Waals surface area contributed by atoms with E-state index < -0.39 is 0 Å². The van der Waals surface area contributed by atoms with Crippen LogP contribution in [0.4, 0.5) is 5.69 Å². The average Bonchev–Trinajstić information content (AvgIpc) is 3.19. The van der Waals surface area contributed by atoms with Crippen molar-refractivity contribution in [3.63, 3.8) is 0 Å². The summed E-state index contributed by atoms with van der Waals surface area (Å²) in [6.45, 7) is 5.63. The van der Waals surface area contributed by atoms with Crippen molar-refractivity contribution in [3.8, 4) is 0 Å². The van der Waals surface area contributed by atoms with Crippen molar-refractivity contribution >= 4 is 11.6 Å². The van der Waals surface area contributed by atoms with Crippen LogP contribution < -0.4 is 10.2 Å². The van der Waals surface area contributed by atoms with Crippen molar-refractivity contribution in [1.29, 1.82) is 0 Å². The number of nitrogens with zero attached hydrogens (tertiary/aromatic N) is 3. The molecule has 1 amide bonds. The lowest BCUT2D eigenvalue weighted by atomic mass is 10.1. The van der Waals surface area contributed by atoms with Crippen molar-refractivity contribution in [1.82, 2.24) is 15.5 Å². The summed E-state index contributed by atoms with van der Waals surface area (Å²) in [5.41, 5.74) is 2.69. The topological polar surface area (TPSA) is 71.3 Å². The number of rotatable bonds is 7. The van der Waals surface area contributed by atoms with Crippen LogP contribution in [0.25, 0.3) is 0 Å². The number of carbonyl (C=O) groups is 1. The smallest absolute Gasteiger partial charge is 0.226 e. The molecule has 0 saturated heterocycles. The van der Waals surface area contributed by atoms with Gasteiger partial charge in [-0.3, -0.25) is 4.79 Å². The quantitative estimate of drug-likeness (QED) is 0.844. The number of hydrogen-bond acceptors (Lipinski definition) is 5. The third-order valence-corrected chi connectivity index (χ3v) is 4.41. The second kappa shape index (κ2) is 7.47. The zero-order chi connectivity index (χ0) is 16.9. The minimum atomic E-state index is 0.0746. The Hall–Kier alpha value is -2.37. The van der Waals surface area contributed by atoms with Gasteiger partial charge in [0.05, 0.1) is 0 Å². The van der Waals surface area contributed by atoms with E-state index >= 15 is 0 Å². The number of anilines is 1. The molecule has 1 atom stereocenters.